The van der Waals surface area contributed by atoms with Gasteiger partial charge in [-0.25, -0.2) is 0 Å². The summed E-state index contributed by atoms with van der Waals surface area (Å²) in [5.41, 5.74) is 6.87. The molecule has 2 heterocycles. The first-order valence-corrected chi connectivity index (χ1v) is 7.26. The Kier molecular flexibility index (Phi) is 2.93. The van der Waals surface area contributed by atoms with Gasteiger partial charge in [-0.2, -0.15) is 4.98 Å². The Bertz CT molecular complexity index is 777. The fourth-order valence-corrected chi connectivity index (χ4v) is 3.08. The molecule has 2 atom stereocenters. The van der Waals surface area contributed by atoms with E-state index >= 15 is 0 Å². The van der Waals surface area contributed by atoms with E-state index in [9.17, 15) is 0 Å². The monoisotopic (exact) mass is 280 g/mol. The van der Waals surface area contributed by atoms with Crippen molar-refractivity contribution in [2.75, 3.05) is 0 Å². The van der Waals surface area contributed by atoms with E-state index in [0.29, 0.717) is 11.7 Å². The van der Waals surface area contributed by atoms with E-state index in [-0.39, 0.29) is 12.0 Å². The van der Waals surface area contributed by atoms with Crippen molar-refractivity contribution in [3.8, 4) is 11.5 Å². The summed E-state index contributed by atoms with van der Waals surface area (Å²) in [4.78, 5) is 8.96. The summed E-state index contributed by atoms with van der Waals surface area (Å²) in [7, 11) is 0. The summed E-state index contributed by atoms with van der Waals surface area (Å²) in [6.07, 6.45) is 4.94. The van der Waals surface area contributed by atoms with Gasteiger partial charge < -0.3 is 10.3 Å². The molecule has 2 unspecified atom stereocenters. The number of pyridine rings is 1. The molecule has 0 radical (unpaired) electrons. The van der Waals surface area contributed by atoms with E-state index in [0.717, 1.165) is 35.7 Å². The highest BCUT2D eigenvalue weighted by Gasteiger charge is 2.30. The highest BCUT2D eigenvalue weighted by atomic mass is 16.5. The Balaban J connectivity index is 1.78. The molecule has 0 saturated heterocycles. The van der Waals surface area contributed by atoms with E-state index < -0.39 is 0 Å². The van der Waals surface area contributed by atoms with Crippen molar-refractivity contribution in [3.63, 3.8) is 0 Å². The first-order valence-electron chi connectivity index (χ1n) is 7.26. The van der Waals surface area contributed by atoms with E-state index in [1.165, 1.54) is 0 Å². The van der Waals surface area contributed by atoms with Gasteiger partial charge in [-0.3, -0.25) is 4.98 Å². The molecule has 4 rings (SSSR count). The van der Waals surface area contributed by atoms with Gasteiger partial charge in [0.05, 0.1) is 5.92 Å². The summed E-state index contributed by atoms with van der Waals surface area (Å²) in [6.45, 7) is 0. The summed E-state index contributed by atoms with van der Waals surface area (Å²) in [6, 6.07) is 10.2. The van der Waals surface area contributed by atoms with Gasteiger partial charge in [0.1, 0.15) is 5.69 Å². The molecule has 5 nitrogen and oxygen atoms in total. The molecular formula is C16H16N4O. The highest BCUT2D eigenvalue weighted by molar-refractivity contribution is 5.92. The fraction of sp³-hybridized carbons (Fsp3) is 0.312. The molecule has 1 aliphatic rings. The molecule has 1 saturated carbocycles. The van der Waals surface area contributed by atoms with Crippen LogP contribution in [0.1, 0.15) is 31.1 Å². The van der Waals surface area contributed by atoms with Crippen LogP contribution >= 0.6 is 0 Å². The van der Waals surface area contributed by atoms with Crippen molar-refractivity contribution in [1.29, 1.82) is 0 Å². The molecule has 106 valence electrons. The fourth-order valence-electron chi connectivity index (χ4n) is 3.08. The molecule has 5 heteroatoms. The van der Waals surface area contributed by atoms with Crippen LogP contribution < -0.4 is 5.73 Å². The molecule has 1 aromatic carbocycles. The molecular weight excluding hydrogens is 264 g/mol. The van der Waals surface area contributed by atoms with Crippen LogP contribution in [0, 0.1) is 0 Å². The predicted molar refractivity (Wildman–Crippen MR) is 79.6 cm³/mol. The first kappa shape index (κ1) is 12.5. The van der Waals surface area contributed by atoms with Crippen molar-refractivity contribution in [1.82, 2.24) is 15.1 Å². The zero-order valence-electron chi connectivity index (χ0n) is 11.6. The third kappa shape index (κ3) is 2.10. The van der Waals surface area contributed by atoms with Crippen molar-refractivity contribution < 1.29 is 4.52 Å². The van der Waals surface area contributed by atoms with E-state index in [1.807, 2.05) is 30.3 Å². The van der Waals surface area contributed by atoms with Gasteiger partial charge in [-0.15, -0.1) is 0 Å². The maximum absolute atomic E-state index is 6.11. The Labute approximate surface area is 122 Å². The zero-order chi connectivity index (χ0) is 14.2. The predicted octanol–water partition coefficient (Wildman–Crippen LogP) is 2.88. The average Bonchev–Trinajstić information content (AvgIpc) is 3.15. The Morgan fingerprint density at radius 2 is 2.05 bits per heavy atom. The van der Waals surface area contributed by atoms with E-state index in [1.54, 1.807) is 6.20 Å². The maximum Gasteiger partial charge on any atom is 0.231 e. The molecule has 1 aliphatic carbocycles. The molecule has 3 aromatic rings. The lowest BCUT2D eigenvalue weighted by Crippen LogP contribution is -2.22. The number of hydrogen-bond acceptors (Lipinski definition) is 5. The van der Waals surface area contributed by atoms with Crippen molar-refractivity contribution in [2.45, 2.75) is 31.2 Å². The van der Waals surface area contributed by atoms with Crippen molar-refractivity contribution in [2.24, 2.45) is 5.73 Å². The number of nitrogens with two attached hydrogens (primary N) is 1. The molecule has 2 N–H and O–H groups in total. The van der Waals surface area contributed by atoms with Crippen LogP contribution in [0.15, 0.2) is 41.1 Å². The van der Waals surface area contributed by atoms with Gasteiger partial charge in [0.15, 0.2) is 0 Å². The highest BCUT2D eigenvalue weighted by Crippen LogP contribution is 2.33. The Hall–Kier alpha value is -2.27. The molecule has 0 spiro atoms. The normalized spacial score (nSPS) is 22.0. The minimum absolute atomic E-state index is 0.124. The lowest BCUT2D eigenvalue weighted by atomic mass is 10.0. The lowest BCUT2D eigenvalue weighted by molar-refractivity contribution is 0.345. The second-order valence-corrected chi connectivity index (χ2v) is 5.54. The number of fused-ring (bicyclic) bond motifs is 1. The smallest absolute Gasteiger partial charge is 0.231 e. The molecule has 21 heavy (non-hydrogen) atoms. The van der Waals surface area contributed by atoms with Crippen LogP contribution in [-0.2, 0) is 0 Å². The quantitative estimate of drug-likeness (QED) is 0.781. The molecule has 0 bridgehead atoms. The summed E-state index contributed by atoms with van der Waals surface area (Å²) < 4.78 is 5.44. The van der Waals surface area contributed by atoms with Crippen LogP contribution in [-0.4, -0.2) is 21.2 Å². The topological polar surface area (TPSA) is 77.8 Å². The molecule has 2 aromatic heterocycles. The number of aromatic nitrogens is 3. The largest absolute Gasteiger partial charge is 0.339 e. The Morgan fingerprint density at radius 1 is 1.14 bits per heavy atom. The molecule has 1 fully saturated rings. The minimum atomic E-state index is 0.124. The van der Waals surface area contributed by atoms with Crippen LogP contribution in [0.25, 0.3) is 22.3 Å². The zero-order valence-corrected chi connectivity index (χ0v) is 11.6. The lowest BCUT2D eigenvalue weighted by Gasteiger charge is -2.08. The second kappa shape index (κ2) is 4.93. The SMILES string of the molecule is NC1CCCC1c1nc(-c2nccc3ccccc23)no1. The molecule has 0 aliphatic heterocycles. The van der Waals surface area contributed by atoms with Crippen molar-refractivity contribution >= 4 is 10.8 Å². The van der Waals surface area contributed by atoms with Crippen LogP contribution in [0.2, 0.25) is 0 Å². The number of rotatable bonds is 2. The van der Waals surface area contributed by atoms with Gasteiger partial charge in [0.25, 0.3) is 0 Å². The maximum atomic E-state index is 6.11. The van der Waals surface area contributed by atoms with Crippen molar-refractivity contribution in [3.05, 3.63) is 42.4 Å². The third-order valence-corrected chi connectivity index (χ3v) is 4.21. The summed E-state index contributed by atoms with van der Waals surface area (Å²) >= 11 is 0. The minimum Gasteiger partial charge on any atom is -0.339 e. The van der Waals surface area contributed by atoms with Gasteiger partial charge >= 0.3 is 0 Å². The van der Waals surface area contributed by atoms with Crippen LogP contribution in [0.5, 0.6) is 0 Å². The van der Waals surface area contributed by atoms with Crippen LogP contribution in [0.3, 0.4) is 0 Å². The van der Waals surface area contributed by atoms with Crippen LogP contribution in [0.4, 0.5) is 0 Å². The number of benzene rings is 1. The van der Waals surface area contributed by atoms with E-state index in [2.05, 4.69) is 15.1 Å². The van der Waals surface area contributed by atoms with Gasteiger partial charge in [0, 0.05) is 17.6 Å². The molecule has 0 amide bonds. The van der Waals surface area contributed by atoms with Gasteiger partial charge in [-0.05, 0) is 24.3 Å². The van der Waals surface area contributed by atoms with E-state index in [4.69, 9.17) is 10.3 Å². The summed E-state index contributed by atoms with van der Waals surface area (Å²) in [5.74, 6) is 1.37. The number of nitrogens with zero attached hydrogens (tertiary/aromatic N) is 3. The Morgan fingerprint density at radius 3 is 2.90 bits per heavy atom. The standard InChI is InChI=1S/C16H16N4O/c17-13-7-3-6-12(13)16-19-15(20-21-16)14-11-5-2-1-4-10(11)8-9-18-14/h1-2,4-5,8-9,12-13H,3,6-7,17H2. The average molecular weight is 280 g/mol. The third-order valence-electron chi connectivity index (χ3n) is 4.21. The van der Waals surface area contributed by atoms with Gasteiger partial charge in [0.2, 0.25) is 11.7 Å². The number of hydrogen-bond donors (Lipinski definition) is 1. The second-order valence-electron chi connectivity index (χ2n) is 5.54. The summed E-state index contributed by atoms with van der Waals surface area (Å²) in [5, 5.41) is 6.26. The van der Waals surface area contributed by atoms with Gasteiger partial charge in [-0.1, -0.05) is 35.8 Å². The first-order chi connectivity index (χ1) is 10.3.